The Labute approximate surface area is 148 Å². The van der Waals surface area contributed by atoms with Crippen molar-refractivity contribution in [2.75, 3.05) is 6.54 Å². The van der Waals surface area contributed by atoms with Gasteiger partial charge < -0.3 is 19.4 Å². The van der Waals surface area contributed by atoms with Crippen LogP contribution in [0.5, 0.6) is 0 Å². The number of aromatic nitrogens is 1. The maximum absolute atomic E-state index is 12.5. The highest BCUT2D eigenvalue weighted by molar-refractivity contribution is 5.94. The summed E-state index contributed by atoms with van der Waals surface area (Å²) in [5.41, 5.74) is -0.557. The zero-order valence-corrected chi connectivity index (χ0v) is 15.8. The zero-order valence-electron chi connectivity index (χ0n) is 15.8. The molecule has 25 heavy (non-hydrogen) atoms. The van der Waals surface area contributed by atoms with Crippen LogP contribution in [-0.4, -0.2) is 45.6 Å². The van der Waals surface area contributed by atoms with Crippen molar-refractivity contribution in [3.8, 4) is 0 Å². The molecule has 3 heterocycles. The predicted octanol–water partition coefficient (Wildman–Crippen LogP) is 2.93. The van der Waals surface area contributed by atoms with Crippen molar-refractivity contribution in [3.63, 3.8) is 0 Å². The van der Waals surface area contributed by atoms with E-state index in [1.165, 1.54) is 6.39 Å². The van der Waals surface area contributed by atoms with Crippen LogP contribution >= 0.6 is 0 Å². The topological polar surface area (TPSA) is 84.7 Å². The van der Waals surface area contributed by atoms with Crippen molar-refractivity contribution >= 4 is 12.0 Å². The number of nitrogens with one attached hydrogen (secondary N) is 1. The third-order valence-corrected chi connectivity index (χ3v) is 4.53. The molecular formula is C18H27N3O4. The number of oxazole rings is 1. The number of carbonyl (C=O) groups is 2. The van der Waals surface area contributed by atoms with Crippen molar-refractivity contribution in [1.29, 1.82) is 0 Å². The van der Waals surface area contributed by atoms with E-state index in [2.05, 4.69) is 10.3 Å². The van der Waals surface area contributed by atoms with Gasteiger partial charge in [-0.25, -0.2) is 9.78 Å². The molecule has 3 fully saturated rings. The van der Waals surface area contributed by atoms with Crippen molar-refractivity contribution < 1.29 is 18.7 Å². The van der Waals surface area contributed by atoms with Gasteiger partial charge in [0, 0.05) is 24.0 Å². The van der Waals surface area contributed by atoms with E-state index in [-0.39, 0.29) is 35.4 Å². The Hall–Kier alpha value is -2.05. The van der Waals surface area contributed by atoms with Gasteiger partial charge in [-0.05, 0) is 53.9 Å². The summed E-state index contributed by atoms with van der Waals surface area (Å²) < 4.78 is 11.1. The average Bonchev–Trinajstić information content (AvgIpc) is 3.07. The Kier molecular flexibility index (Phi) is 4.08. The number of rotatable bonds is 2. The molecule has 7 nitrogen and oxygen atoms in total. The molecule has 3 aliphatic rings. The number of hydrogen-bond donors (Lipinski definition) is 1. The van der Waals surface area contributed by atoms with Crippen molar-refractivity contribution in [2.45, 2.75) is 71.1 Å². The average molecular weight is 349 g/mol. The Balaban J connectivity index is 1.75. The van der Waals surface area contributed by atoms with Crippen molar-refractivity contribution in [3.05, 3.63) is 17.8 Å². The van der Waals surface area contributed by atoms with E-state index in [4.69, 9.17) is 9.15 Å². The van der Waals surface area contributed by atoms with Crippen LogP contribution in [0.25, 0.3) is 0 Å². The first kappa shape index (κ1) is 17.8. The summed E-state index contributed by atoms with van der Waals surface area (Å²) >= 11 is 0. The molecule has 3 unspecified atom stereocenters. The van der Waals surface area contributed by atoms with Gasteiger partial charge in [-0.1, -0.05) is 0 Å². The second-order valence-corrected chi connectivity index (χ2v) is 8.99. The van der Waals surface area contributed by atoms with Gasteiger partial charge in [0.15, 0.2) is 12.1 Å². The highest BCUT2D eigenvalue weighted by atomic mass is 16.6. The van der Waals surface area contributed by atoms with Crippen LogP contribution in [0.1, 0.15) is 70.1 Å². The van der Waals surface area contributed by atoms with E-state index in [0.717, 1.165) is 6.42 Å². The lowest BCUT2D eigenvalue weighted by Crippen LogP contribution is -2.44. The summed E-state index contributed by atoms with van der Waals surface area (Å²) in [6, 6.07) is 0.00832. The Morgan fingerprint density at radius 1 is 1.28 bits per heavy atom. The quantitative estimate of drug-likeness (QED) is 0.887. The van der Waals surface area contributed by atoms with Gasteiger partial charge in [-0.3, -0.25) is 4.79 Å². The van der Waals surface area contributed by atoms with Gasteiger partial charge in [-0.15, -0.1) is 0 Å². The normalized spacial score (nSPS) is 25.5. The van der Waals surface area contributed by atoms with E-state index in [1.54, 1.807) is 4.90 Å². The first-order valence-electron chi connectivity index (χ1n) is 8.72. The van der Waals surface area contributed by atoms with Crippen LogP contribution in [0, 0.1) is 5.92 Å². The molecular weight excluding hydrogens is 322 g/mol. The summed E-state index contributed by atoms with van der Waals surface area (Å²) in [6.45, 7) is 12.0. The predicted molar refractivity (Wildman–Crippen MR) is 91.3 cm³/mol. The molecule has 2 aliphatic heterocycles. The minimum Gasteiger partial charge on any atom is -0.447 e. The second kappa shape index (κ2) is 5.75. The molecule has 0 aromatic carbocycles. The van der Waals surface area contributed by atoms with E-state index >= 15 is 0 Å². The molecule has 138 valence electrons. The Bertz CT molecular complexity index is 683. The molecule has 4 rings (SSSR count). The van der Waals surface area contributed by atoms with Gasteiger partial charge in [0.2, 0.25) is 0 Å². The van der Waals surface area contributed by atoms with Gasteiger partial charge in [0.1, 0.15) is 11.4 Å². The minimum absolute atomic E-state index is 0.00832. The second-order valence-electron chi connectivity index (χ2n) is 8.99. The fourth-order valence-electron chi connectivity index (χ4n) is 3.60. The number of amides is 2. The Morgan fingerprint density at radius 3 is 2.56 bits per heavy atom. The molecule has 3 atom stereocenters. The smallest absolute Gasteiger partial charge is 0.410 e. The first-order chi connectivity index (χ1) is 11.5. The maximum Gasteiger partial charge on any atom is 0.410 e. The summed E-state index contributed by atoms with van der Waals surface area (Å²) in [7, 11) is 0. The van der Waals surface area contributed by atoms with Crippen LogP contribution in [0.3, 0.4) is 0 Å². The third kappa shape index (κ3) is 3.50. The molecule has 1 aromatic heterocycles. The molecule has 0 radical (unpaired) electrons. The zero-order chi connectivity index (χ0) is 18.6. The molecule has 2 amide bonds. The highest BCUT2D eigenvalue weighted by Gasteiger charge is 2.57. The maximum atomic E-state index is 12.5. The molecule has 7 heteroatoms. The van der Waals surface area contributed by atoms with Gasteiger partial charge in [0.05, 0.1) is 0 Å². The number of fused-ring (bicyclic) bond motifs is 1. The largest absolute Gasteiger partial charge is 0.447 e. The fourth-order valence-corrected chi connectivity index (χ4v) is 3.60. The summed E-state index contributed by atoms with van der Waals surface area (Å²) in [5, 5.41) is 2.91. The third-order valence-electron chi connectivity index (χ3n) is 4.53. The van der Waals surface area contributed by atoms with Crippen molar-refractivity contribution in [2.24, 2.45) is 5.92 Å². The van der Waals surface area contributed by atoms with Gasteiger partial charge in [0.25, 0.3) is 5.91 Å². The standard InChI is InChI=1S/C18H27N3O4/c1-17(2,3)20-15(22)13-14(24-9-19-13)12-10-7-11(12)21(8-10)16(23)25-18(4,5)6/h9-12H,7-8H2,1-6H3,(H,20,22). The van der Waals surface area contributed by atoms with Crippen molar-refractivity contribution in [1.82, 2.24) is 15.2 Å². The molecule has 1 aliphatic carbocycles. The molecule has 1 N–H and O–H groups in total. The number of nitrogens with zero attached hydrogens (tertiary/aromatic N) is 2. The lowest BCUT2D eigenvalue weighted by atomic mass is 9.72. The molecule has 0 spiro atoms. The molecule has 1 saturated carbocycles. The number of hydrogen-bond acceptors (Lipinski definition) is 5. The summed E-state index contributed by atoms with van der Waals surface area (Å²) in [5.74, 6) is 0.628. The molecule has 1 aromatic rings. The van der Waals surface area contributed by atoms with E-state index in [1.807, 2.05) is 41.5 Å². The number of carbonyl (C=O) groups excluding carboxylic acids is 2. The van der Waals surface area contributed by atoms with Crippen LogP contribution < -0.4 is 5.32 Å². The van der Waals surface area contributed by atoms with Crippen LogP contribution in [0.2, 0.25) is 0 Å². The minimum atomic E-state index is -0.524. The van der Waals surface area contributed by atoms with E-state index < -0.39 is 5.60 Å². The summed E-state index contributed by atoms with van der Waals surface area (Å²) in [4.78, 5) is 30.8. The first-order valence-corrected chi connectivity index (χ1v) is 8.72. The van der Waals surface area contributed by atoms with E-state index in [0.29, 0.717) is 18.0 Å². The monoisotopic (exact) mass is 349 g/mol. The van der Waals surface area contributed by atoms with Crippen LogP contribution in [-0.2, 0) is 4.74 Å². The lowest BCUT2D eigenvalue weighted by Gasteiger charge is -2.35. The summed E-state index contributed by atoms with van der Waals surface area (Å²) in [6.07, 6.45) is 1.91. The van der Waals surface area contributed by atoms with Gasteiger partial charge in [-0.2, -0.15) is 0 Å². The number of ether oxygens (including phenoxy) is 1. The molecule has 2 saturated heterocycles. The van der Waals surface area contributed by atoms with Crippen LogP contribution in [0.15, 0.2) is 10.8 Å². The SMILES string of the molecule is CC(C)(C)NC(=O)c1ncoc1C1C2CC1N(C(=O)OC(C)(C)C)C2. The van der Waals surface area contributed by atoms with Gasteiger partial charge >= 0.3 is 6.09 Å². The molecule has 2 bridgehead atoms. The lowest BCUT2D eigenvalue weighted by molar-refractivity contribution is 0.0227. The Morgan fingerprint density at radius 2 is 1.96 bits per heavy atom. The van der Waals surface area contributed by atoms with E-state index in [9.17, 15) is 9.59 Å². The highest BCUT2D eigenvalue weighted by Crippen LogP contribution is 2.53. The van der Waals surface area contributed by atoms with Crippen LogP contribution in [0.4, 0.5) is 4.79 Å². The fraction of sp³-hybridized carbons (Fsp3) is 0.722.